The summed E-state index contributed by atoms with van der Waals surface area (Å²) in [6.45, 7) is 2.49. The molecule has 2 atom stereocenters. The molecule has 9 heavy (non-hydrogen) atoms. The van der Waals surface area contributed by atoms with E-state index in [1.54, 1.807) is 12.1 Å². The fourth-order valence-corrected chi connectivity index (χ4v) is 1.23. The van der Waals surface area contributed by atoms with Crippen LogP contribution in [0, 0.1) is 5.21 Å². The van der Waals surface area contributed by atoms with E-state index in [1.807, 2.05) is 6.92 Å². The molecule has 1 aliphatic heterocycles. The number of hydrogen-bond donors (Lipinski definition) is 0. The van der Waals surface area contributed by atoms with E-state index < -0.39 is 0 Å². The second kappa shape index (κ2) is 2.42. The van der Waals surface area contributed by atoms with Crippen LogP contribution in [0.4, 0.5) is 0 Å². The maximum absolute atomic E-state index is 10.9. The summed E-state index contributed by atoms with van der Waals surface area (Å²) in [7, 11) is 1.74. The molecule has 0 aliphatic carbocycles. The fourth-order valence-electron chi connectivity index (χ4n) is 0.935. The van der Waals surface area contributed by atoms with Gasteiger partial charge in [0.1, 0.15) is 0 Å². The Hall–Kier alpha value is 0.170. The van der Waals surface area contributed by atoms with Crippen LogP contribution in [0.3, 0.4) is 0 Å². The molecule has 0 radical (unpaired) electrons. The van der Waals surface area contributed by atoms with Crippen LogP contribution in [-0.4, -0.2) is 35.2 Å². The highest BCUT2D eigenvalue weighted by molar-refractivity contribution is 6.21. The van der Waals surface area contributed by atoms with E-state index in [0.29, 0.717) is 6.54 Å². The summed E-state index contributed by atoms with van der Waals surface area (Å²) < 4.78 is 0. The SMILES string of the molecule is CC1C(Cl)CN(C)N1[O-]. The molecule has 4 heteroatoms. The number of rotatable bonds is 0. The van der Waals surface area contributed by atoms with Crippen molar-refractivity contribution in [3.63, 3.8) is 0 Å². The molecule has 0 N–H and O–H groups in total. The number of hydrazine groups is 1. The molecule has 0 amide bonds. The first kappa shape index (κ1) is 7.28. The van der Waals surface area contributed by atoms with Gasteiger partial charge in [0.25, 0.3) is 0 Å². The summed E-state index contributed by atoms with van der Waals surface area (Å²) in [6, 6.07) is -0.0725. The summed E-state index contributed by atoms with van der Waals surface area (Å²) >= 11 is 5.77. The van der Waals surface area contributed by atoms with Crippen LogP contribution in [0.15, 0.2) is 0 Å². The number of hydrogen-bond acceptors (Lipinski definition) is 3. The molecule has 1 aliphatic rings. The average Bonchev–Trinajstić information content (AvgIpc) is 1.98. The summed E-state index contributed by atoms with van der Waals surface area (Å²) in [5.74, 6) is 0. The van der Waals surface area contributed by atoms with Gasteiger partial charge in [0, 0.05) is 19.6 Å². The van der Waals surface area contributed by atoms with Gasteiger partial charge in [0.05, 0.1) is 5.38 Å². The summed E-state index contributed by atoms with van der Waals surface area (Å²) in [5.41, 5.74) is 0. The van der Waals surface area contributed by atoms with Crippen molar-refractivity contribution in [2.24, 2.45) is 0 Å². The van der Waals surface area contributed by atoms with Crippen molar-refractivity contribution in [2.45, 2.75) is 18.3 Å². The molecular formula is C5H10ClN2O-. The molecule has 1 saturated heterocycles. The minimum Gasteiger partial charge on any atom is -0.771 e. The third-order valence-corrected chi connectivity index (χ3v) is 2.15. The Labute approximate surface area is 59.7 Å². The van der Waals surface area contributed by atoms with Gasteiger partial charge in [0.2, 0.25) is 0 Å². The molecule has 3 nitrogen and oxygen atoms in total. The second-order valence-electron chi connectivity index (χ2n) is 2.40. The molecule has 54 valence electrons. The molecule has 0 saturated carbocycles. The number of halogens is 1. The molecular weight excluding hydrogens is 140 g/mol. The molecule has 1 heterocycles. The predicted molar refractivity (Wildman–Crippen MR) is 36.9 cm³/mol. The van der Waals surface area contributed by atoms with E-state index in [1.165, 1.54) is 0 Å². The van der Waals surface area contributed by atoms with Gasteiger partial charge in [-0.25, -0.2) is 0 Å². The topological polar surface area (TPSA) is 29.5 Å². The zero-order chi connectivity index (χ0) is 7.02. The van der Waals surface area contributed by atoms with Crippen LogP contribution >= 0.6 is 11.6 Å². The van der Waals surface area contributed by atoms with E-state index in [4.69, 9.17) is 11.6 Å². The van der Waals surface area contributed by atoms with Crippen molar-refractivity contribution in [1.82, 2.24) is 10.2 Å². The molecule has 0 aromatic rings. The third-order valence-electron chi connectivity index (χ3n) is 1.65. The lowest BCUT2D eigenvalue weighted by Crippen LogP contribution is -2.32. The van der Waals surface area contributed by atoms with Gasteiger partial charge in [-0.15, -0.1) is 11.6 Å². The maximum atomic E-state index is 10.9. The predicted octanol–water partition coefficient (Wildman–Crippen LogP) is 0.642. The van der Waals surface area contributed by atoms with Crippen molar-refractivity contribution in [3.8, 4) is 0 Å². The van der Waals surface area contributed by atoms with Crippen molar-refractivity contribution in [3.05, 3.63) is 5.21 Å². The van der Waals surface area contributed by atoms with E-state index in [2.05, 4.69) is 0 Å². The van der Waals surface area contributed by atoms with Crippen LogP contribution in [-0.2, 0) is 0 Å². The van der Waals surface area contributed by atoms with Gasteiger partial charge in [-0.05, 0) is 6.92 Å². The minimum absolute atomic E-state index is 0.0208. The molecule has 0 aromatic heterocycles. The first-order valence-corrected chi connectivity index (χ1v) is 3.38. The van der Waals surface area contributed by atoms with Crippen LogP contribution in [0.25, 0.3) is 0 Å². The maximum Gasteiger partial charge on any atom is 0.0632 e. The zero-order valence-electron chi connectivity index (χ0n) is 5.54. The molecule has 0 bridgehead atoms. The second-order valence-corrected chi connectivity index (χ2v) is 2.96. The lowest BCUT2D eigenvalue weighted by molar-refractivity contribution is 0.0868. The monoisotopic (exact) mass is 149 g/mol. The normalized spacial score (nSPS) is 40.0. The highest BCUT2D eigenvalue weighted by Gasteiger charge is 2.26. The Morgan fingerprint density at radius 3 is 2.33 bits per heavy atom. The quantitative estimate of drug-likeness (QED) is 0.474. The number of nitrogens with zero attached hydrogens (tertiary/aromatic N) is 2. The summed E-state index contributed by atoms with van der Waals surface area (Å²) in [6.07, 6.45) is 0. The molecule has 0 spiro atoms. The number of alkyl halides is 1. The fraction of sp³-hybridized carbons (Fsp3) is 1.00. The first-order chi connectivity index (χ1) is 4.13. The van der Waals surface area contributed by atoms with Gasteiger partial charge < -0.3 is 10.4 Å². The summed E-state index contributed by atoms with van der Waals surface area (Å²) in [5, 5.41) is 13.4. The minimum atomic E-state index is -0.0725. The lowest BCUT2D eigenvalue weighted by Gasteiger charge is -2.33. The average molecular weight is 150 g/mol. The van der Waals surface area contributed by atoms with Crippen molar-refractivity contribution < 1.29 is 0 Å². The smallest absolute Gasteiger partial charge is 0.0632 e. The van der Waals surface area contributed by atoms with E-state index in [9.17, 15) is 5.21 Å². The van der Waals surface area contributed by atoms with Gasteiger partial charge in [0.15, 0.2) is 0 Å². The highest BCUT2D eigenvalue weighted by atomic mass is 35.5. The highest BCUT2D eigenvalue weighted by Crippen LogP contribution is 2.19. The van der Waals surface area contributed by atoms with Crippen LogP contribution in [0.5, 0.6) is 0 Å². The molecule has 2 unspecified atom stereocenters. The van der Waals surface area contributed by atoms with Gasteiger partial charge in [-0.3, -0.25) is 5.01 Å². The Balaban J connectivity index is 2.54. The van der Waals surface area contributed by atoms with E-state index in [-0.39, 0.29) is 11.4 Å². The van der Waals surface area contributed by atoms with E-state index in [0.717, 1.165) is 5.17 Å². The number of hydroxylamine groups is 1. The largest absolute Gasteiger partial charge is 0.771 e. The van der Waals surface area contributed by atoms with Gasteiger partial charge in [-0.1, -0.05) is 0 Å². The Bertz CT molecular complexity index is 99.1. The van der Waals surface area contributed by atoms with Crippen LogP contribution < -0.4 is 0 Å². The summed E-state index contributed by atoms with van der Waals surface area (Å²) in [4.78, 5) is 0. The Kier molecular flexibility index (Phi) is 1.96. The van der Waals surface area contributed by atoms with Gasteiger partial charge in [-0.2, -0.15) is 0 Å². The van der Waals surface area contributed by atoms with Crippen molar-refractivity contribution >= 4 is 11.6 Å². The zero-order valence-corrected chi connectivity index (χ0v) is 6.30. The first-order valence-electron chi connectivity index (χ1n) is 2.94. The van der Waals surface area contributed by atoms with Crippen LogP contribution in [0.2, 0.25) is 0 Å². The Morgan fingerprint density at radius 2 is 2.22 bits per heavy atom. The molecule has 0 aromatic carbocycles. The third kappa shape index (κ3) is 1.19. The lowest BCUT2D eigenvalue weighted by atomic mass is 10.3. The Morgan fingerprint density at radius 1 is 1.67 bits per heavy atom. The van der Waals surface area contributed by atoms with Gasteiger partial charge >= 0.3 is 0 Å². The molecule has 1 rings (SSSR count). The van der Waals surface area contributed by atoms with Crippen molar-refractivity contribution in [2.75, 3.05) is 13.6 Å². The van der Waals surface area contributed by atoms with Crippen molar-refractivity contribution in [1.29, 1.82) is 0 Å². The van der Waals surface area contributed by atoms with E-state index >= 15 is 0 Å². The standard InChI is InChI=1S/C5H10ClN2O/c1-4-5(6)3-7(2)8(4)9/h4-5H,3H2,1-2H3/q-1. The van der Waals surface area contributed by atoms with Crippen LogP contribution in [0.1, 0.15) is 6.92 Å². The molecule has 1 fully saturated rings.